The molecule has 8 nitrogen and oxygen atoms in total. The van der Waals surface area contributed by atoms with Gasteiger partial charge in [-0.3, -0.25) is 14.4 Å². The topological polar surface area (TPSA) is 108 Å². The van der Waals surface area contributed by atoms with Crippen LogP contribution in [0.1, 0.15) is 50.9 Å². The molecule has 2 rings (SSSR count). The molecule has 3 N–H and O–H groups in total. The number of carbonyl (C=O) groups is 3. The van der Waals surface area contributed by atoms with Crippen molar-refractivity contribution in [3.8, 4) is 5.75 Å². The van der Waals surface area contributed by atoms with Crippen molar-refractivity contribution in [2.75, 3.05) is 13.7 Å². The number of rotatable bonds is 9. The molecule has 196 valence electrons. The average molecular weight is 502 g/mol. The fourth-order valence-corrected chi connectivity index (χ4v) is 4.04. The molecule has 35 heavy (non-hydrogen) atoms. The maximum atomic E-state index is 13.4. The number of nitrogens with zero attached hydrogens (tertiary/aromatic N) is 1. The minimum atomic E-state index is -4.90. The fourth-order valence-electron chi connectivity index (χ4n) is 4.04. The minimum Gasteiger partial charge on any atom is -0.497 e. The molecule has 1 fully saturated rings. The van der Waals surface area contributed by atoms with Gasteiger partial charge in [0.1, 0.15) is 17.8 Å². The number of amides is 3. The molecule has 1 aliphatic rings. The van der Waals surface area contributed by atoms with Crippen LogP contribution in [0.25, 0.3) is 0 Å². The predicted molar refractivity (Wildman–Crippen MR) is 123 cm³/mol. The number of carbonyl (C=O) groups excluding carboxylic acids is 3. The van der Waals surface area contributed by atoms with Crippen molar-refractivity contribution >= 4 is 17.7 Å². The van der Waals surface area contributed by atoms with E-state index in [0.29, 0.717) is 17.7 Å². The van der Waals surface area contributed by atoms with E-state index in [2.05, 4.69) is 10.6 Å². The lowest BCUT2D eigenvalue weighted by atomic mass is 9.97. The second-order valence-corrected chi connectivity index (χ2v) is 9.38. The number of hydrogen-bond acceptors (Lipinski definition) is 5. The van der Waals surface area contributed by atoms with Crippen LogP contribution >= 0.6 is 0 Å². The van der Waals surface area contributed by atoms with Crippen LogP contribution < -0.4 is 15.4 Å². The lowest BCUT2D eigenvalue weighted by Crippen LogP contribution is -2.59. The molecule has 4 atom stereocenters. The summed E-state index contributed by atoms with van der Waals surface area (Å²) in [6.07, 6.45) is -6.89. The number of aliphatic hydroxyl groups is 1. The number of nitrogens with one attached hydrogen (secondary N) is 2. The molecule has 1 heterocycles. The van der Waals surface area contributed by atoms with Gasteiger partial charge in [0.2, 0.25) is 11.8 Å². The molecule has 0 radical (unpaired) electrons. The van der Waals surface area contributed by atoms with Gasteiger partial charge in [0, 0.05) is 12.1 Å². The molecule has 3 amide bonds. The third kappa shape index (κ3) is 7.09. The number of likely N-dealkylation sites (tertiary alicyclic amines) is 1. The van der Waals surface area contributed by atoms with Crippen LogP contribution in [0.15, 0.2) is 24.3 Å². The van der Waals surface area contributed by atoms with Gasteiger partial charge >= 0.3 is 6.18 Å². The second kappa shape index (κ2) is 11.7. The maximum Gasteiger partial charge on any atom is 0.416 e. The number of aliphatic hydroxyl groups excluding tert-OH is 1. The van der Waals surface area contributed by atoms with Gasteiger partial charge in [-0.25, -0.2) is 0 Å². The molecule has 0 bridgehead atoms. The number of alkyl halides is 3. The first kappa shape index (κ1) is 28.4. The van der Waals surface area contributed by atoms with Crippen LogP contribution in [0.2, 0.25) is 0 Å². The van der Waals surface area contributed by atoms with Gasteiger partial charge in [-0.1, -0.05) is 27.7 Å². The zero-order valence-electron chi connectivity index (χ0n) is 20.6. The third-order valence-corrected chi connectivity index (χ3v) is 6.11. The number of hydrogen-bond donors (Lipinski definition) is 3. The summed E-state index contributed by atoms with van der Waals surface area (Å²) in [6, 6.07) is 2.84. The van der Waals surface area contributed by atoms with Crippen molar-refractivity contribution in [2.24, 2.45) is 11.8 Å². The Labute approximate surface area is 203 Å². The fraction of sp³-hybridized carbons (Fsp3) is 0.625. The van der Waals surface area contributed by atoms with E-state index >= 15 is 0 Å². The molecule has 0 aliphatic carbocycles. The molecule has 0 spiro atoms. The minimum absolute atomic E-state index is 0.229. The zero-order valence-corrected chi connectivity index (χ0v) is 20.6. The van der Waals surface area contributed by atoms with E-state index in [4.69, 9.17) is 4.74 Å². The summed E-state index contributed by atoms with van der Waals surface area (Å²) < 4.78 is 44.3. The Balaban J connectivity index is 2.16. The zero-order chi connectivity index (χ0) is 26.5. The molecule has 2 unspecified atom stereocenters. The second-order valence-electron chi connectivity index (χ2n) is 9.38. The van der Waals surface area contributed by atoms with E-state index in [9.17, 15) is 32.7 Å². The van der Waals surface area contributed by atoms with Crippen molar-refractivity contribution in [1.82, 2.24) is 15.5 Å². The lowest BCUT2D eigenvalue weighted by molar-refractivity contribution is -0.215. The number of benzene rings is 1. The summed E-state index contributed by atoms with van der Waals surface area (Å²) in [6.45, 7) is 6.64. The Morgan fingerprint density at radius 3 is 2.14 bits per heavy atom. The highest BCUT2D eigenvalue weighted by Gasteiger charge is 2.46. The molecule has 1 aliphatic heterocycles. The summed E-state index contributed by atoms with van der Waals surface area (Å²) in [7, 11) is 1.50. The van der Waals surface area contributed by atoms with E-state index < -0.39 is 54.0 Å². The van der Waals surface area contributed by atoms with Crippen molar-refractivity contribution in [3.05, 3.63) is 29.8 Å². The van der Waals surface area contributed by atoms with Crippen LogP contribution in [-0.4, -0.2) is 71.8 Å². The molecule has 1 saturated heterocycles. The highest BCUT2D eigenvalue weighted by molar-refractivity contribution is 5.98. The van der Waals surface area contributed by atoms with Crippen molar-refractivity contribution < 1.29 is 37.4 Å². The Hall–Kier alpha value is -2.82. The van der Waals surface area contributed by atoms with E-state index in [0.717, 1.165) is 0 Å². The van der Waals surface area contributed by atoms with E-state index in [1.165, 1.54) is 25.9 Å². The van der Waals surface area contributed by atoms with Gasteiger partial charge < -0.3 is 25.4 Å². The van der Waals surface area contributed by atoms with Crippen molar-refractivity contribution in [1.29, 1.82) is 0 Å². The smallest absolute Gasteiger partial charge is 0.416 e. The monoisotopic (exact) mass is 501 g/mol. The van der Waals surface area contributed by atoms with Gasteiger partial charge in [-0.15, -0.1) is 0 Å². The van der Waals surface area contributed by atoms with Gasteiger partial charge in [-0.05, 0) is 48.9 Å². The van der Waals surface area contributed by atoms with Gasteiger partial charge in [-0.2, -0.15) is 13.2 Å². The van der Waals surface area contributed by atoms with Crippen LogP contribution in [0.4, 0.5) is 13.2 Å². The van der Waals surface area contributed by atoms with Crippen molar-refractivity contribution in [2.45, 2.75) is 70.9 Å². The van der Waals surface area contributed by atoms with Crippen LogP contribution in [0.5, 0.6) is 5.75 Å². The summed E-state index contributed by atoms with van der Waals surface area (Å²) in [5, 5.41) is 14.7. The van der Waals surface area contributed by atoms with Gasteiger partial charge in [0.05, 0.1) is 13.2 Å². The number of halogens is 3. The standard InChI is InChI=1S/C24H34F3N3O5/c1-13(2)18(20(31)24(25,26)27)28-22(33)17-7-6-12-30(17)23(34)19(14(3)4)29-21(32)15-8-10-16(35-5)11-9-15/h8-11,13-14,17-20,31H,6-7,12H2,1-5H3,(H,28,33)(H,29,32)/t17-,18?,19-,20?/m0/s1. The maximum absolute atomic E-state index is 13.4. The Bertz CT molecular complexity index is 889. The van der Waals surface area contributed by atoms with Crippen molar-refractivity contribution in [3.63, 3.8) is 0 Å². The van der Waals surface area contributed by atoms with Gasteiger partial charge in [0.15, 0.2) is 6.10 Å². The summed E-state index contributed by atoms with van der Waals surface area (Å²) in [5.74, 6) is -2.18. The molecular formula is C24H34F3N3O5. The largest absolute Gasteiger partial charge is 0.497 e. The Morgan fingerprint density at radius 1 is 1.06 bits per heavy atom. The van der Waals surface area contributed by atoms with E-state index in [1.54, 1.807) is 38.1 Å². The Morgan fingerprint density at radius 2 is 1.66 bits per heavy atom. The molecule has 1 aromatic rings. The molecular weight excluding hydrogens is 467 g/mol. The van der Waals surface area contributed by atoms with Crippen LogP contribution in [0, 0.1) is 11.8 Å². The summed E-state index contributed by atoms with van der Waals surface area (Å²) >= 11 is 0. The SMILES string of the molecule is COc1ccc(C(=O)N[C@H](C(=O)N2CCC[C@H]2C(=O)NC(C(C)C)C(O)C(F)(F)F)C(C)C)cc1. The van der Waals surface area contributed by atoms with Crippen LogP contribution in [0.3, 0.4) is 0 Å². The first-order valence-corrected chi connectivity index (χ1v) is 11.6. The summed E-state index contributed by atoms with van der Waals surface area (Å²) in [4.78, 5) is 40.3. The first-order chi connectivity index (χ1) is 16.3. The van der Waals surface area contributed by atoms with E-state index in [-0.39, 0.29) is 18.9 Å². The van der Waals surface area contributed by atoms with Gasteiger partial charge in [0.25, 0.3) is 5.91 Å². The number of methoxy groups -OCH3 is 1. The normalized spacial score (nSPS) is 18.8. The lowest BCUT2D eigenvalue weighted by Gasteiger charge is -2.33. The average Bonchev–Trinajstić information content (AvgIpc) is 3.29. The third-order valence-electron chi connectivity index (χ3n) is 6.11. The molecule has 0 saturated carbocycles. The van der Waals surface area contributed by atoms with Crippen LogP contribution in [-0.2, 0) is 9.59 Å². The Kier molecular flexibility index (Phi) is 9.53. The quantitative estimate of drug-likeness (QED) is 0.482. The van der Waals surface area contributed by atoms with E-state index in [1.807, 2.05) is 0 Å². The first-order valence-electron chi connectivity index (χ1n) is 11.6. The molecule has 0 aromatic heterocycles. The number of ether oxygens (including phenoxy) is 1. The summed E-state index contributed by atoms with van der Waals surface area (Å²) in [5.41, 5.74) is 0.320. The highest BCUT2D eigenvalue weighted by Crippen LogP contribution is 2.27. The highest BCUT2D eigenvalue weighted by atomic mass is 19.4. The molecule has 1 aromatic carbocycles. The predicted octanol–water partition coefficient (Wildman–Crippen LogP) is 2.50. The molecule has 11 heteroatoms.